The zero-order chi connectivity index (χ0) is 18.5. The minimum Gasteiger partial charge on any atom is -0.338 e. The van der Waals surface area contributed by atoms with E-state index in [0.29, 0.717) is 31.9 Å². The van der Waals surface area contributed by atoms with Crippen LogP contribution in [0.4, 0.5) is 9.18 Å². The van der Waals surface area contributed by atoms with Gasteiger partial charge in [-0.2, -0.15) is 0 Å². The van der Waals surface area contributed by atoms with Gasteiger partial charge < -0.3 is 10.2 Å². The fraction of sp³-hybridized carbons (Fsp3) is 0.450. The number of fused-ring (bicyclic) bond motifs is 1. The van der Waals surface area contributed by atoms with Crippen LogP contribution in [-0.4, -0.2) is 40.5 Å². The van der Waals surface area contributed by atoms with Crippen molar-refractivity contribution in [3.8, 4) is 11.4 Å². The topological polar surface area (TPSA) is 58.1 Å². The lowest BCUT2D eigenvalue weighted by Gasteiger charge is -2.20. The average Bonchev–Trinajstić information content (AvgIpc) is 2.85. The predicted octanol–water partition coefficient (Wildman–Crippen LogP) is 3.50. The highest BCUT2D eigenvalue weighted by Gasteiger charge is 2.21. The Balaban J connectivity index is 1.76. The molecule has 1 N–H and O–H groups in total. The van der Waals surface area contributed by atoms with Crippen molar-refractivity contribution in [3.63, 3.8) is 0 Å². The molecule has 1 aliphatic rings. The molecule has 0 atom stereocenters. The van der Waals surface area contributed by atoms with Crippen molar-refractivity contribution in [2.24, 2.45) is 0 Å². The number of carbonyl (C=O) groups excluding carboxylic acids is 1. The van der Waals surface area contributed by atoms with Crippen LogP contribution in [0, 0.1) is 12.7 Å². The Morgan fingerprint density at radius 2 is 1.92 bits per heavy atom. The molecule has 1 aromatic carbocycles. The van der Waals surface area contributed by atoms with Crippen LogP contribution in [0.5, 0.6) is 0 Å². The number of aromatic nitrogens is 2. The first-order chi connectivity index (χ1) is 12.6. The summed E-state index contributed by atoms with van der Waals surface area (Å²) in [6.45, 7) is 6.11. The second kappa shape index (κ2) is 8.25. The van der Waals surface area contributed by atoms with E-state index in [9.17, 15) is 9.18 Å². The number of halogens is 1. The first-order valence-electron chi connectivity index (χ1n) is 9.23. The van der Waals surface area contributed by atoms with Crippen LogP contribution in [0.15, 0.2) is 24.3 Å². The standard InChI is InChI=1S/C20H25FN4O/c1-3-4-11-22-20(26)25-12-9-17-14(2)23-19(24-18(17)10-13-25)15-5-7-16(21)8-6-15/h5-8H,3-4,9-13H2,1-2H3,(H,22,26). The molecule has 0 unspecified atom stereocenters. The van der Waals surface area contributed by atoms with Gasteiger partial charge in [0.05, 0.1) is 0 Å². The molecule has 26 heavy (non-hydrogen) atoms. The summed E-state index contributed by atoms with van der Waals surface area (Å²) in [6.07, 6.45) is 3.51. The third-order valence-corrected chi connectivity index (χ3v) is 4.75. The van der Waals surface area contributed by atoms with E-state index in [2.05, 4.69) is 17.2 Å². The number of amides is 2. The molecular weight excluding hydrogens is 331 g/mol. The summed E-state index contributed by atoms with van der Waals surface area (Å²) in [5.41, 5.74) is 3.85. The molecule has 0 radical (unpaired) electrons. The highest BCUT2D eigenvalue weighted by molar-refractivity contribution is 5.74. The number of benzene rings is 1. The van der Waals surface area contributed by atoms with Crippen molar-refractivity contribution in [1.82, 2.24) is 20.2 Å². The molecule has 0 aliphatic carbocycles. The maximum Gasteiger partial charge on any atom is 0.317 e. The zero-order valence-corrected chi connectivity index (χ0v) is 15.4. The van der Waals surface area contributed by atoms with Gasteiger partial charge >= 0.3 is 6.03 Å². The minimum absolute atomic E-state index is 0.00405. The van der Waals surface area contributed by atoms with Crippen molar-refractivity contribution < 1.29 is 9.18 Å². The SMILES string of the molecule is CCCCNC(=O)N1CCc2nc(-c3ccc(F)cc3)nc(C)c2CC1. The van der Waals surface area contributed by atoms with Crippen LogP contribution in [0.2, 0.25) is 0 Å². The molecule has 0 spiro atoms. The van der Waals surface area contributed by atoms with Crippen molar-refractivity contribution in [3.05, 3.63) is 47.0 Å². The second-order valence-corrected chi connectivity index (χ2v) is 6.64. The third-order valence-electron chi connectivity index (χ3n) is 4.75. The average molecular weight is 356 g/mol. The monoisotopic (exact) mass is 356 g/mol. The van der Waals surface area contributed by atoms with Crippen LogP contribution in [0.1, 0.15) is 36.7 Å². The number of nitrogens with zero attached hydrogens (tertiary/aromatic N) is 3. The third kappa shape index (κ3) is 4.18. The van der Waals surface area contributed by atoms with E-state index in [1.54, 1.807) is 12.1 Å². The number of hydrogen-bond donors (Lipinski definition) is 1. The number of unbranched alkanes of at least 4 members (excludes halogenated alkanes) is 1. The summed E-state index contributed by atoms with van der Waals surface area (Å²) in [6, 6.07) is 6.22. The number of urea groups is 1. The molecule has 0 saturated carbocycles. The van der Waals surface area contributed by atoms with Crippen LogP contribution >= 0.6 is 0 Å². The Morgan fingerprint density at radius 1 is 1.19 bits per heavy atom. The van der Waals surface area contributed by atoms with Gasteiger partial charge in [-0.25, -0.2) is 19.2 Å². The molecule has 2 amide bonds. The van der Waals surface area contributed by atoms with E-state index in [1.165, 1.54) is 12.1 Å². The highest BCUT2D eigenvalue weighted by Crippen LogP contribution is 2.22. The fourth-order valence-corrected chi connectivity index (χ4v) is 3.20. The van der Waals surface area contributed by atoms with Crippen LogP contribution in [0.25, 0.3) is 11.4 Å². The van der Waals surface area contributed by atoms with Crippen LogP contribution in [-0.2, 0) is 12.8 Å². The first-order valence-corrected chi connectivity index (χ1v) is 9.23. The smallest absolute Gasteiger partial charge is 0.317 e. The van der Waals surface area contributed by atoms with Gasteiger partial charge in [-0.05, 0) is 49.6 Å². The zero-order valence-electron chi connectivity index (χ0n) is 15.4. The van der Waals surface area contributed by atoms with Crippen molar-refractivity contribution in [2.45, 2.75) is 39.5 Å². The summed E-state index contributed by atoms with van der Waals surface area (Å²) < 4.78 is 13.2. The van der Waals surface area contributed by atoms with Gasteiger partial charge in [0, 0.05) is 43.0 Å². The quantitative estimate of drug-likeness (QED) is 0.853. The molecule has 5 nitrogen and oxygen atoms in total. The van der Waals surface area contributed by atoms with E-state index >= 15 is 0 Å². The van der Waals surface area contributed by atoms with Crippen molar-refractivity contribution in [2.75, 3.05) is 19.6 Å². The van der Waals surface area contributed by atoms with Gasteiger partial charge in [0.15, 0.2) is 5.82 Å². The lowest BCUT2D eigenvalue weighted by molar-refractivity contribution is 0.200. The molecule has 0 saturated heterocycles. The Morgan fingerprint density at radius 3 is 2.65 bits per heavy atom. The second-order valence-electron chi connectivity index (χ2n) is 6.64. The van der Waals surface area contributed by atoms with Gasteiger partial charge in [0.2, 0.25) is 0 Å². The predicted molar refractivity (Wildman–Crippen MR) is 99.5 cm³/mol. The first kappa shape index (κ1) is 18.3. The van der Waals surface area contributed by atoms with Gasteiger partial charge in [-0.15, -0.1) is 0 Å². The number of rotatable bonds is 4. The summed E-state index contributed by atoms with van der Waals surface area (Å²) in [4.78, 5) is 23.5. The lowest BCUT2D eigenvalue weighted by atomic mass is 10.1. The fourth-order valence-electron chi connectivity index (χ4n) is 3.20. The molecule has 0 bridgehead atoms. The molecule has 2 heterocycles. The van der Waals surface area contributed by atoms with Gasteiger partial charge in [-0.1, -0.05) is 13.3 Å². The molecular formula is C20H25FN4O. The van der Waals surface area contributed by atoms with Gasteiger partial charge in [0.25, 0.3) is 0 Å². The maximum absolute atomic E-state index is 13.2. The highest BCUT2D eigenvalue weighted by atomic mass is 19.1. The molecule has 3 rings (SSSR count). The van der Waals surface area contributed by atoms with E-state index in [-0.39, 0.29) is 11.8 Å². The maximum atomic E-state index is 13.2. The molecule has 1 aliphatic heterocycles. The van der Waals surface area contributed by atoms with Crippen LogP contribution < -0.4 is 5.32 Å². The van der Waals surface area contributed by atoms with E-state index in [1.807, 2.05) is 11.8 Å². The van der Waals surface area contributed by atoms with E-state index in [4.69, 9.17) is 4.98 Å². The summed E-state index contributed by atoms with van der Waals surface area (Å²) in [5, 5.41) is 2.98. The number of aryl methyl sites for hydroxylation is 1. The number of hydrogen-bond acceptors (Lipinski definition) is 3. The molecule has 2 aromatic rings. The number of nitrogens with one attached hydrogen (secondary N) is 1. The summed E-state index contributed by atoms with van der Waals surface area (Å²) >= 11 is 0. The summed E-state index contributed by atoms with van der Waals surface area (Å²) in [7, 11) is 0. The summed E-state index contributed by atoms with van der Waals surface area (Å²) in [5.74, 6) is 0.340. The normalized spacial score (nSPS) is 13.9. The molecule has 6 heteroatoms. The van der Waals surface area contributed by atoms with E-state index < -0.39 is 0 Å². The van der Waals surface area contributed by atoms with Gasteiger partial charge in [-0.3, -0.25) is 0 Å². The van der Waals surface area contributed by atoms with Gasteiger partial charge in [0.1, 0.15) is 5.82 Å². The Bertz CT molecular complexity index is 776. The lowest BCUT2D eigenvalue weighted by Crippen LogP contribution is -2.41. The molecule has 1 aromatic heterocycles. The van der Waals surface area contributed by atoms with E-state index in [0.717, 1.165) is 41.8 Å². The van der Waals surface area contributed by atoms with Crippen molar-refractivity contribution in [1.29, 1.82) is 0 Å². The van der Waals surface area contributed by atoms with Crippen LogP contribution in [0.3, 0.4) is 0 Å². The largest absolute Gasteiger partial charge is 0.338 e. The number of carbonyl (C=O) groups is 1. The molecule has 0 fully saturated rings. The molecule has 138 valence electrons. The minimum atomic E-state index is -0.273. The van der Waals surface area contributed by atoms with Crippen molar-refractivity contribution >= 4 is 6.03 Å². The Kier molecular flexibility index (Phi) is 5.81. The Hall–Kier alpha value is -2.50. The Labute approximate surface area is 153 Å².